The molecule has 2 nitrogen and oxygen atoms in total. The van der Waals surface area contributed by atoms with Crippen LogP contribution in [0.1, 0.15) is 36.6 Å². The SMILES string of the molecule is CC(N[C@H](CCO)c1ccccc1)c1cc(F)cc(F)c1. The Bertz CT molecular complexity index is 554. The number of halogens is 2. The Hall–Kier alpha value is -1.78. The first-order valence-electron chi connectivity index (χ1n) is 6.98. The second-order valence-electron chi connectivity index (χ2n) is 5.07. The van der Waals surface area contributed by atoms with E-state index in [-0.39, 0.29) is 18.7 Å². The number of hydrogen-bond donors (Lipinski definition) is 2. The summed E-state index contributed by atoms with van der Waals surface area (Å²) in [5.41, 5.74) is 1.58. The second kappa shape index (κ2) is 7.29. The highest BCUT2D eigenvalue weighted by molar-refractivity contribution is 5.23. The highest BCUT2D eigenvalue weighted by atomic mass is 19.1. The summed E-state index contributed by atoms with van der Waals surface area (Å²) in [7, 11) is 0. The predicted octanol–water partition coefficient (Wildman–Crippen LogP) is 3.74. The van der Waals surface area contributed by atoms with Crippen molar-refractivity contribution in [1.82, 2.24) is 5.32 Å². The second-order valence-corrected chi connectivity index (χ2v) is 5.07. The van der Waals surface area contributed by atoms with Gasteiger partial charge in [0.2, 0.25) is 0 Å². The maximum absolute atomic E-state index is 13.3. The van der Waals surface area contributed by atoms with Crippen LogP contribution in [0.4, 0.5) is 8.78 Å². The molecule has 2 atom stereocenters. The standard InChI is InChI=1S/C17H19F2NO/c1-12(14-9-15(18)11-16(19)10-14)20-17(7-8-21)13-5-3-2-4-6-13/h2-6,9-12,17,20-21H,7-8H2,1H3/t12?,17-/m1/s1. The Kier molecular flexibility index (Phi) is 5.42. The van der Waals surface area contributed by atoms with Gasteiger partial charge in [0, 0.05) is 24.8 Å². The zero-order valence-electron chi connectivity index (χ0n) is 11.9. The number of aliphatic hydroxyl groups excluding tert-OH is 1. The van der Waals surface area contributed by atoms with Crippen molar-refractivity contribution in [3.05, 3.63) is 71.3 Å². The monoisotopic (exact) mass is 291 g/mol. The summed E-state index contributed by atoms with van der Waals surface area (Å²) < 4.78 is 26.6. The normalized spacial score (nSPS) is 13.9. The van der Waals surface area contributed by atoms with Gasteiger partial charge in [-0.3, -0.25) is 0 Å². The molecule has 0 aliphatic heterocycles. The first kappa shape index (κ1) is 15.6. The van der Waals surface area contributed by atoms with Crippen molar-refractivity contribution in [3.63, 3.8) is 0 Å². The molecule has 112 valence electrons. The third-order valence-corrected chi connectivity index (χ3v) is 3.46. The molecule has 0 bridgehead atoms. The van der Waals surface area contributed by atoms with Crippen LogP contribution in [0.15, 0.2) is 48.5 Å². The number of aliphatic hydroxyl groups is 1. The molecule has 0 spiro atoms. The van der Waals surface area contributed by atoms with Crippen molar-refractivity contribution in [2.75, 3.05) is 6.61 Å². The van der Waals surface area contributed by atoms with Crippen molar-refractivity contribution in [2.45, 2.75) is 25.4 Å². The van der Waals surface area contributed by atoms with Gasteiger partial charge in [0.25, 0.3) is 0 Å². The van der Waals surface area contributed by atoms with Gasteiger partial charge in [0.15, 0.2) is 0 Å². The minimum Gasteiger partial charge on any atom is -0.396 e. The van der Waals surface area contributed by atoms with E-state index in [0.29, 0.717) is 12.0 Å². The van der Waals surface area contributed by atoms with E-state index in [4.69, 9.17) is 0 Å². The Morgan fingerprint density at radius 2 is 1.62 bits per heavy atom. The van der Waals surface area contributed by atoms with Gasteiger partial charge in [-0.25, -0.2) is 8.78 Å². The molecule has 0 aromatic heterocycles. The summed E-state index contributed by atoms with van der Waals surface area (Å²) in [6.07, 6.45) is 0.534. The van der Waals surface area contributed by atoms with Crippen molar-refractivity contribution in [2.24, 2.45) is 0 Å². The van der Waals surface area contributed by atoms with E-state index in [1.54, 1.807) is 0 Å². The Labute approximate surface area is 123 Å². The van der Waals surface area contributed by atoms with Crippen molar-refractivity contribution in [3.8, 4) is 0 Å². The predicted molar refractivity (Wildman–Crippen MR) is 78.8 cm³/mol. The third kappa shape index (κ3) is 4.34. The van der Waals surface area contributed by atoms with E-state index >= 15 is 0 Å². The number of nitrogens with one attached hydrogen (secondary N) is 1. The molecular formula is C17H19F2NO. The van der Waals surface area contributed by atoms with Crippen LogP contribution >= 0.6 is 0 Å². The number of hydrogen-bond acceptors (Lipinski definition) is 2. The average Bonchev–Trinajstić information content (AvgIpc) is 2.46. The molecule has 0 aliphatic rings. The fraction of sp³-hybridized carbons (Fsp3) is 0.294. The van der Waals surface area contributed by atoms with Gasteiger partial charge in [-0.15, -0.1) is 0 Å². The Morgan fingerprint density at radius 3 is 2.19 bits per heavy atom. The summed E-state index contributed by atoms with van der Waals surface area (Å²) in [5.74, 6) is -1.17. The van der Waals surface area contributed by atoms with Crippen LogP contribution in [0.3, 0.4) is 0 Å². The summed E-state index contributed by atoms with van der Waals surface area (Å²) in [5, 5.41) is 12.5. The van der Waals surface area contributed by atoms with Crippen LogP contribution in [-0.4, -0.2) is 11.7 Å². The lowest BCUT2D eigenvalue weighted by Gasteiger charge is -2.23. The summed E-state index contributed by atoms with van der Waals surface area (Å²) in [6, 6.07) is 12.9. The third-order valence-electron chi connectivity index (χ3n) is 3.46. The van der Waals surface area contributed by atoms with Crippen LogP contribution in [-0.2, 0) is 0 Å². The Morgan fingerprint density at radius 1 is 1.00 bits per heavy atom. The summed E-state index contributed by atoms with van der Waals surface area (Å²) in [6.45, 7) is 1.89. The van der Waals surface area contributed by atoms with Crippen LogP contribution < -0.4 is 5.32 Å². The van der Waals surface area contributed by atoms with Crippen LogP contribution in [0.25, 0.3) is 0 Å². The van der Waals surface area contributed by atoms with Gasteiger partial charge in [0.1, 0.15) is 11.6 Å². The molecular weight excluding hydrogens is 272 g/mol. The molecule has 0 radical (unpaired) electrons. The van der Waals surface area contributed by atoms with Crippen LogP contribution in [0.5, 0.6) is 0 Å². The first-order chi connectivity index (χ1) is 10.1. The van der Waals surface area contributed by atoms with Crippen LogP contribution in [0, 0.1) is 11.6 Å². The molecule has 0 fully saturated rings. The van der Waals surface area contributed by atoms with Gasteiger partial charge in [-0.05, 0) is 36.6 Å². The van der Waals surface area contributed by atoms with Crippen molar-refractivity contribution >= 4 is 0 Å². The quantitative estimate of drug-likeness (QED) is 0.850. The molecule has 21 heavy (non-hydrogen) atoms. The summed E-state index contributed by atoms with van der Waals surface area (Å²) in [4.78, 5) is 0. The van der Waals surface area contributed by atoms with Gasteiger partial charge in [0.05, 0.1) is 0 Å². The zero-order valence-corrected chi connectivity index (χ0v) is 11.9. The minimum absolute atomic E-state index is 0.0385. The molecule has 0 saturated heterocycles. The molecule has 1 unspecified atom stereocenters. The number of rotatable bonds is 6. The molecule has 2 aromatic rings. The van der Waals surface area contributed by atoms with Crippen molar-refractivity contribution < 1.29 is 13.9 Å². The smallest absolute Gasteiger partial charge is 0.126 e. The van der Waals surface area contributed by atoms with Gasteiger partial charge < -0.3 is 10.4 Å². The highest BCUT2D eigenvalue weighted by Crippen LogP contribution is 2.23. The first-order valence-corrected chi connectivity index (χ1v) is 6.98. The zero-order chi connectivity index (χ0) is 15.2. The minimum atomic E-state index is -0.586. The lowest BCUT2D eigenvalue weighted by Crippen LogP contribution is -2.25. The molecule has 2 N–H and O–H groups in total. The Balaban J connectivity index is 2.16. The molecule has 0 amide bonds. The highest BCUT2D eigenvalue weighted by Gasteiger charge is 2.16. The molecule has 0 aliphatic carbocycles. The summed E-state index contributed by atoms with van der Waals surface area (Å²) >= 11 is 0. The average molecular weight is 291 g/mol. The van der Waals surface area contributed by atoms with E-state index < -0.39 is 11.6 Å². The lowest BCUT2D eigenvalue weighted by atomic mass is 10.0. The van der Waals surface area contributed by atoms with E-state index in [1.165, 1.54) is 12.1 Å². The molecule has 4 heteroatoms. The molecule has 2 rings (SSSR count). The van der Waals surface area contributed by atoms with Gasteiger partial charge in [-0.1, -0.05) is 30.3 Å². The fourth-order valence-corrected chi connectivity index (χ4v) is 2.38. The van der Waals surface area contributed by atoms with E-state index in [0.717, 1.165) is 11.6 Å². The maximum Gasteiger partial charge on any atom is 0.126 e. The molecule has 0 heterocycles. The van der Waals surface area contributed by atoms with E-state index in [2.05, 4.69) is 5.32 Å². The molecule has 0 saturated carbocycles. The lowest BCUT2D eigenvalue weighted by molar-refractivity contribution is 0.260. The maximum atomic E-state index is 13.3. The van der Waals surface area contributed by atoms with E-state index in [1.807, 2.05) is 37.3 Å². The topological polar surface area (TPSA) is 32.3 Å². The largest absolute Gasteiger partial charge is 0.396 e. The molecule has 2 aromatic carbocycles. The van der Waals surface area contributed by atoms with Gasteiger partial charge >= 0.3 is 0 Å². The van der Waals surface area contributed by atoms with Crippen molar-refractivity contribution in [1.29, 1.82) is 0 Å². The van der Waals surface area contributed by atoms with E-state index in [9.17, 15) is 13.9 Å². The van der Waals surface area contributed by atoms with Gasteiger partial charge in [-0.2, -0.15) is 0 Å². The van der Waals surface area contributed by atoms with Crippen LogP contribution in [0.2, 0.25) is 0 Å². The number of benzene rings is 2. The fourth-order valence-electron chi connectivity index (χ4n) is 2.38.